The van der Waals surface area contributed by atoms with E-state index in [9.17, 15) is 18.3 Å². The van der Waals surface area contributed by atoms with E-state index in [1.54, 1.807) is 6.07 Å². The van der Waals surface area contributed by atoms with Crippen molar-refractivity contribution in [1.82, 2.24) is 5.32 Å². The number of rotatable bonds is 7. The lowest BCUT2D eigenvalue weighted by atomic mass is 9.93. The van der Waals surface area contributed by atoms with Gasteiger partial charge < -0.3 is 20.6 Å². The van der Waals surface area contributed by atoms with Crippen LogP contribution in [-0.2, 0) is 21.3 Å². The second-order valence-corrected chi connectivity index (χ2v) is 11.4. The van der Waals surface area contributed by atoms with E-state index in [1.165, 1.54) is 23.4 Å². The van der Waals surface area contributed by atoms with Crippen LogP contribution in [0.2, 0.25) is 0 Å². The summed E-state index contributed by atoms with van der Waals surface area (Å²) in [6.07, 6.45) is 2.24. The van der Waals surface area contributed by atoms with Crippen molar-refractivity contribution in [3.8, 4) is 0 Å². The van der Waals surface area contributed by atoms with Gasteiger partial charge in [0.15, 0.2) is 0 Å². The number of aryl methyl sites for hydroxylation is 1. The molecular weight excluding hydrogens is 478 g/mol. The maximum Gasteiger partial charge on any atom is 0.294 e. The molecule has 2 unspecified atom stereocenters. The van der Waals surface area contributed by atoms with Gasteiger partial charge in [-0.1, -0.05) is 32.9 Å². The molecule has 8 nitrogen and oxygen atoms in total. The monoisotopic (exact) mass is 517 g/mol. The number of nitrogens with zero attached hydrogens (tertiary/aromatic N) is 1. The normalized spacial score (nSPS) is 19.7. The Morgan fingerprint density at radius 3 is 2.47 bits per heavy atom. The van der Waals surface area contributed by atoms with E-state index in [1.807, 2.05) is 0 Å². The Kier molecular flexibility index (Phi) is 9.76. The van der Waals surface area contributed by atoms with Gasteiger partial charge in [-0.15, -0.1) is 0 Å². The predicted molar refractivity (Wildman–Crippen MR) is 143 cm³/mol. The van der Waals surface area contributed by atoms with E-state index in [0.717, 1.165) is 25.1 Å². The zero-order valence-electron chi connectivity index (χ0n) is 21.4. The zero-order chi connectivity index (χ0) is 26.3. The Bertz CT molecular complexity index is 1120. The van der Waals surface area contributed by atoms with Crippen LogP contribution in [0.1, 0.15) is 57.3 Å². The summed E-state index contributed by atoms with van der Waals surface area (Å²) in [7, 11) is -4.29. The molecule has 1 fully saturated rings. The molecule has 0 aromatic heterocycles. The fraction of sp³-hybridized carbons (Fsp3) is 0.519. The Hall–Kier alpha value is -2.62. The minimum Gasteiger partial charge on any atom is -0.388 e. The van der Waals surface area contributed by atoms with Crippen LogP contribution in [0.25, 0.3) is 0 Å². The van der Waals surface area contributed by atoms with E-state index < -0.39 is 16.2 Å². The van der Waals surface area contributed by atoms with Gasteiger partial charge in [0.2, 0.25) is 5.91 Å². The van der Waals surface area contributed by atoms with Gasteiger partial charge in [-0.2, -0.15) is 8.42 Å². The molecule has 2 aromatic carbocycles. The second kappa shape index (κ2) is 12.6. The standard InChI is InChI=1S/C15H20N2O5S.C12H19N/c18-14-4-6-17(9-10-3-5-16-15(19)7-10)13-2-1-11(8-12(13)14)23(20,21)22;1-4-11-5-7-12(8-6-11)13-9-10(2)3/h1-2,8,10,14,18H,3-7,9H2,(H,16,19)(H,20,21,22);5-8,10,13H,4,9H2,1-3H3. The maximum absolute atomic E-state index is 11.5. The number of anilines is 2. The summed E-state index contributed by atoms with van der Waals surface area (Å²) in [5.41, 5.74) is 3.90. The number of aliphatic hydroxyl groups excluding tert-OH is 1. The molecule has 1 amide bonds. The van der Waals surface area contributed by atoms with E-state index >= 15 is 0 Å². The summed E-state index contributed by atoms with van der Waals surface area (Å²) in [6.45, 7) is 9.67. The Labute approximate surface area is 214 Å². The minimum absolute atomic E-state index is 0.0558. The zero-order valence-corrected chi connectivity index (χ0v) is 22.2. The SMILES string of the molecule is CCc1ccc(NCC(C)C)cc1.O=C1CC(CN2CCC(O)c3cc(S(=O)(=O)O)ccc32)CCN1. The molecule has 2 atom stereocenters. The Morgan fingerprint density at radius 2 is 1.86 bits per heavy atom. The van der Waals surface area contributed by atoms with E-state index in [2.05, 4.69) is 60.6 Å². The number of nitrogens with one attached hydrogen (secondary N) is 2. The molecule has 4 N–H and O–H groups in total. The van der Waals surface area contributed by atoms with Gasteiger partial charge in [0.25, 0.3) is 10.1 Å². The van der Waals surface area contributed by atoms with Crippen molar-refractivity contribution < 1.29 is 22.9 Å². The number of benzene rings is 2. The van der Waals surface area contributed by atoms with Crippen LogP contribution in [0.4, 0.5) is 11.4 Å². The molecule has 2 heterocycles. The number of hydrogen-bond donors (Lipinski definition) is 4. The number of carbonyl (C=O) groups is 1. The van der Waals surface area contributed by atoms with E-state index in [4.69, 9.17) is 4.55 Å². The minimum atomic E-state index is -4.29. The molecule has 0 bridgehead atoms. The highest BCUT2D eigenvalue weighted by atomic mass is 32.2. The summed E-state index contributed by atoms with van der Waals surface area (Å²) in [5, 5.41) is 16.4. The van der Waals surface area contributed by atoms with Gasteiger partial charge in [-0.05, 0) is 67.0 Å². The molecule has 0 radical (unpaired) electrons. The third-order valence-electron chi connectivity index (χ3n) is 6.57. The molecule has 1 saturated heterocycles. The first kappa shape index (κ1) is 28.0. The summed E-state index contributed by atoms with van der Waals surface area (Å²) in [5.74, 6) is 0.999. The molecular formula is C27H39N3O5S. The number of hydrogen-bond acceptors (Lipinski definition) is 6. The van der Waals surface area contributed by atoms with Gasteiger partial charge in [-0.3, -0.25) is 9.35 Å². The van der Waals surface area contributed by atoms with Crippen molar-refractivity contribution in [2.24, 2.45) is 11.8 Å². The lowest BCUT2D eigenvalue weighted by Crippen LogP contribution is -2.41. The average Bonchev–Trinajstić information content (AvgIpc) is 2.84. The van der Waals surface area contributed by atoms with Crippen LogP contribution in [0.5, 0.6) is 0 Å². The highest BCUT2D eigenvalue weighted by Crippen LogP contribution is 2.36. The first-order valence-electron chi connectivity index (χ1n) is 12.7. The third kappa shape index (κ3) is 7.94. The molecule has 0 aliphatic carbocycles. The van der Waals surface area contributed by atoms with Gasteiger partial charge in [0.1, 0.15) is 0 Å². The van der Waals surface area contributed by atoms with Crippen LogP contribution in [0, 0.1) is 11.8 Å². The molecule has 0 spiro atoms. The van der Waals surface area contributed by atoms with Crippen molar-refractivity contribution in [3.05, 3.63) is 53.6 Å². The largest absolute Gasteiger partial charge is 0.388 e. The first-order valence-corrected chi connectivity index (χ1v) is 14.1. The van der Waals surface area contributed by atoms with Gasteiger partial charge in [-0.25, -0.2) is 0 Å². The fourth-order valence-corrected chi connectivity index (χ4v) is 5.01. The highest BCUT2D eigenvalue weighted by Gasteiger charge is 2.28. The smallest absolute Gasteiger partial charge is 0.294 e. The molecule has 0 saturated carbocycles. The van der Waals surface area contributed by atoms with Crippen molar-refractivity contribution in [1.29, 1.82) is 0 Å². The lowest BCUT2D eigenvalue weighted by molar-refractivity contribution is -0.123. The summed E-state index contributed by atoms with van der Waals surface area (Å²) in [6, 6.07) is 13.0. The molecule has 4 rings (SSSR count). The van der Waals surface area contributed by atoms with Crippen LogP contribution >= 0.6 is 0 Å². The molecule has 36 heavy (non-hydrogen) atoms. The molecule has 2 aliphatic heterocycles. The summed E-state index contributed by atoms with van der Waals surface area (Å²) in [4.78, 5) is 13.4. The van der Waals surface area contributed by atoms with Crippen LogP contribution in [0.15, 0.2) is 47.4 Å². The average molecular weight is 518 g/mol. The van der Waals surface area contributed by atoms with Crippen LogP contribution in [-0.4, -0.2) is 50.2 Å². The Morgan fingerprint density at radius 1 is 1.14 bits per heavy atom. The quantitative estimate of drug-likeness (QED) is 0.410. The Balaban J connectivity index is 0.000000236. The number of fused-ring (bicyclic) bond motifs is 1. The van der Waals surface area contributed by atoms with Crippen LogP contribution in [0.3, 0.4) is 0 Å². The number of carbonyl (C=O) groups excluding carboxylic acids is 1. The molecule has 9 heteroatoms. The van der Waals surface area contributed by atoms with Gasteiger partial charge >= 0.3 is 0 Å². The van der Waals surface area contributed by atoms with Crippen molar-refractivity contribution in [2.45, 2.75) is 57.5 Å². The number of amides is 1. The topological polar surface area (TPSA) is 119 Å². The maximum atomic E-state index is 11.5. The van der Waals surface area contributed by atoms with Crippen LogP contribution < -0.4 is 15.5 Å². The summed E-state index contributed by atoms with van der Waals surface area (Å²) >= 11 is 0. The third-order valence-corrected chi connectivity index (χ3v) is 7.42. The number of piperidine rings is 1. The molecule has 2 aliphatic rings. The van der Waals surface area contributed by atoms with Gasteiger partial charge in [0.05, 0.1) is 11.0 Å². The molecule has 198 valence electrons. The lowest BCUT2D eigenvalue weighted by Gasteiger charge is -2.37. The highest BCUT2D eigenvalue weighted by molar-refractivity contribution is 7.85. The molecule has 2 aromatic rings. The first-order chi connectivity index (χ1) is 17.1. The second-order valence-electron chi connectivity index (χ2n) is 9.98. The predicted octanol–water partition coefficient (Wildman–Crippen LogP) is 4.02. The fourth-order valence-electron chi connectivity index (χ4n) is 4.49. The number of aliphatic hydroxyl groups is 1. The van der Waals surface area contributed by atoms with Crippen molar-refractivity contribution in [3.63, 3.8) is 0 Å². The van der Waals surface area contributed by atoms with Crippen molar-refractivity contribution in [2.75, 3.05) is 36.4 Å². The van der Waals surface area contributed by atoms with Gasteiger partial charge in [0, 0.05) is 49.5 Å². The van der Waals surface area contributed by atoms with E-state index in [0.29, 0.717) is 44.0 Å². The van der Waals surface area contributed by atoms with E-state index in [-0.39, 0.29) is 16.7 Å². The summed E-state index contributed by atoms with van der Waals surface area (Å²) < 4.78 is 31.7. The van der Waals surface area contributed by atoms with Crippen molar-refractivity contribution >= 4 is 27.4 Å².